The summed E-state index contributed by atoms with van der Waals surface area (Å²) in [5.41, 5.74) is 0. The van der Waals surface area contributed by atoms with Crippen LogP contribution in [0.2, 0.25) is 5.02 Å². The Balaban J connectivity index is 1.74. The number of benzene rings is 1. The van der Waals surface area contributed by atoms with E-state index in [1.165, 1.54) is 12.1 Å². The van der Waals surface area contributed by atoms with Crippen LogP contribution in [-0.4, -0.2) is 37.9 Å². The highest BCUT2D eigenvalue weighted by Crippen LogP contribution is 2.31. The van der Waals surface area contributed by atoms with Crippen LogP contribution in [0.15, 0.2) is 29.2 Å². The summed E-state index contributed by atoms with van der Waals surface area (Å²) in [5, 5.41) is 0.184. The molecule has 1 aliphatic carbocycles. The first-order valence-corrected chi connectivity index (χ1v) is 8.40. The van der Waals surface area contributed by atoms with E-state index in [0.29, 0.717) is 12.6 Å². The van der Waals surface area contributed by atoms with Crippen molar-refractivity contribution in [3.63, 3.8) is 0 Å². The first-order valence-electron chi connectivity index (χ1n) is 6.54. The number of hydrogen-bond acceptors (Lipinski definition) is 3. The lowest BCUT2D eigenvalue weighted by molar-refractivity contribution is -0.128. The first kappa shape index (κ1) is 13.9. The number of amides is 1. The number of likely N-dealkylation sites (tertiary alicyclic amines) is 1. The molecule has 1 atom stereocenters. The Morgan fingerprint density at radius 1 is 1.25 bits per heavy atom. The van der Waals surface area contributed by atoms with E-state index in [1.54, 1.807) is 17.0 Å². The predicted octanol–water partition coefficient (Wildman–Crippen LogP) is 1.38. The van der Waals surface area contributed by atoms with Gasteiger partial charge in [0.25, 0.3) is 0 Å². The van der Waals surface area contributed by atoms with Crippen molar-refractivity contribution >= 4 is 27.5 Å². The Bertz CT molecular complexity index is 643. The van der Waals surface area contributed by atoms with Gasteiger partial charge in [0.05, 0.1) is 5.02 Å². The van der Waals surface area contributed by atoms with E-state index in [0.717, 1.165) is 12.8 Å². The number of halogens is 1. The van der Waals surface area contributed by atoms with Crippen molar-refractivity contribution in [3.8, 4) is 0 Å². The minimum absolute atomic E-state index is 0.0272. The summed E-state index contributed by atoms with van der Waals surface area (Å²) in [5.74, 6) is 0.0272. The maximum absolute atomic E-state index is 12.3. The van der Waals surface area contributed by atoms with Gasteiger partial charge in [-0.3, -0.25) is 4.79 Å². The molecular formula is C13H15ClN2O3S. The largest absolute Gasteiger partial charge is 0.338 e. The third kappa shape index (κ3) is 2.68. The molecule has 0 spiro atoms. The second-order valence-corrected chi connectivity index (χ2v) is 7.32. The molecule has 2 fully saturated rings. The van der Waals surface area contributed by atoms with E-state index < -0.39 is 10.0 Å². The number of hydrogen-bond donors (Lipinski definition) is 1. The Kier molecular flexibility index (Phi) is 3.48. The third-order valence-electron chi connectivity index (χ3n) is 3.59. The van der Waals surface area contributed by atoms with Gasteiger partial charge in [-0.2, -0.15) is 0 Å². The summed E-state index contributed by atoms with van der Waals surface area (Å²) >= 11 is 5.92. The molecule has 1 heterocycles. The zero-order valence-corrected chi connectivity index (χ0v) is 12.3. The molecule has 3 rings (SSSR count). The number of carbonyl (C=O) groups excluding carboxylic acids is 1. The van der Waals surface area contributed by atoms with Gasteiger partial charge in [0.2, 0.25) is 15.9 Å². The number of nitrogens with zero attached hydrogens (tertiary/aromatic N) is 1. The highest BCUT2D eigenvalue weighted by atomic mass is 35.5. The van der Waals surface area contributed by atoms with Crippen molar-refractivity contribution in [2.75, 3.05) is 6.54 Å². The minimum Gasteiger partial charge on any atom is -0.338 e. The molecule has 20 heavy (non-hydrogen) atoms. The van der Waals surface area contributed by atoms with Crippen LogP contribution in [0.4, 0.5) is 0 Å². The molecule has 7 heteroatoms. The summed E-state index contributed by atoms with van der Waals surface area (Å²) in [7, 11) is -3.69. The zero-order valence-electron chi connectivity index (χ0n) is 10.8. The van der Waals surface area contributed by atoms with E-state index in [1.807, 2.05) is 0 Å². The molecule has 0 aromatic heterocycles. The van der Waals surface area contributed by atoms with Gasteiger partial charge in [-0.25, -0.2) is 13.1 Å². The topological polar surface area (TPSA) is 66.5 Å². The van der Waals surface area contributed by atoms with Crippen LogP contribution >= 0.6 is 11.6 Å². The number of carbonyl (C=O) groups is 1. The smallest absolute Gasteiger partial charge is 0.242 e. The van der Waals surface area contributed by atoms with Crippen LogP contribution in [0, 0.1) is 0 Å². The Hall–Kier alpha value is -1.11. The molecule has 1 aliphatic heterocycles. The van der Waals surface area contributed by atoms with Gasteiger partial charge in [-0.05, 0) is 25.0 Å². The molecule has 1 aromatic rings. The lowest BCUT2D eigenvalue weighted by atomic mass is 10.3. The standard InChI is InChI=1S/C13H15ClN2O3S/c14-11-3-1-2-4-12(11)20(18,19)15-9-7-13(17)16(8-9)10-5-6-10/h1-4,9-10,15H,5-8H2. The average molecular weight is 315 g/mol. The normalized spacial score (nSPS) is 23.4. The second-order valence-electron chi connectivity index (χ2n) is 5.23. The fourth-order valence-electron chi connectivity index (χ4n) is 2.50. The minimum atomic E-state index is -3.69. The van der Waals surface area contributed by atoms with Gasteiger partial charge >= 0.3 is 0 Å². The molecule has 2 aliphatic rings. The van der Waals surface area contributed by atoms with Crippen molar-refractivity contribution in [3.05, 3.63) is 29.3 Å². The van der Waals surface area contributed by atoms with Gasteiger partial charge < -0.3 is 4.90 Å². The molecule has 108 valence electrons. The molecule has 1 saturated heterocycles. The van der Waals surface area contributed by atoms with E-state index in [4.69, 9.17) is 11.6 Å². The van der Waals surface area contributed by atoms with Crippen molar-refractivity contribution < 1.29 is 13.2 Å². The summed E-state index contributed by atoms with van der Waals surface area (Å²) < 4.78 is 27.1. The van der Waals surface area contributed by atoms with Crippen LogP contribution in [-0.2, 0) is 14.8 Å². The monoisotopic (exact) mass is 314 g/mol. The lowest BCUT2D eigenvalue weighted by Gasteiger charge is -2.16. The van der Waals surface area contributed by atoms with E-state index in [-0.39, 0.29) is 28.3 Å². The van der Waals surface area contributed by atoms with Gasteiger partial charge in [0, 0.05) is 25.0 Å². The molecular weight excluding hydrogens is 300 g/mol. The maximum Gasteiger partial charge on any atom is 0.242 e. The average Bonchev–Trinajstić information content (AvgIpc) is 3.14. The molecule has 5 nitrogen and oxygen atoms in total. The summed E-state index contributed by atoms with van der Waals surface area (Å²) in [6.07, 6.45) is 2.27. The summed E-state index contributed by atoms with van der Waals surface area (Å²) in [6, 6.07) is 6.24. The highest BCUT2D eigenvalue weighted by molar-refractivity contribution is 7.89. The van der Waals surface area contributed by atoms with E-state index in [2.05, 4.69) is 4.72 Å². The molecule has 0 radical (unpaired) electrons. The number of rotatable bonds is 4. The van der Waals surface area contributed by atoms with Crippen LogP contribution in [0.3, 0.4) is 0 Å². The fourth-order valence-corrected chi connectivity index (χ4v) is 4.24. The predicted molar refractivity (Wildman–Crippen MR) is 74.9 cm³/mol. The molecule has 1 aromatic carbocycles. The Labute approximate surface area is 123 Å². The SMILES string of the molecule is O=C1CC(NS(=O)(=O)c2ccccc2Cl)CN1C1CC1. The Morgan fingerprint density at radius 2 is 1.95 bits per heavy atom. The van der Waals surface area contributed by atoms with Gasteiger partial charge in [-0.1, -0.05) is 23.7 Å². The first-order chi connectivity index (χ1) is 9.47. The zero-order chi connectivity index (χ0) is 14.3. The van der Waals surface area contributed by atoms with Crippen LogP contribution in [0.5, 0.6) is 0 Å². The Morgan fingerprint density at radius 3 is 2.60 bits per heavy atom. The van der Waals surface area contributed by atoms with Crippen LogP contribution < -0.4 is 4.72 Å². The number of nitrogens with one attached hydrogen (secondary N) is 1. The number of sulfonamides is 1. The maximum atomic E-state index is 12.3. The third-order valence-corrected chi connectivity index (χ3v) is 5.61. The van der Waals surface area contributed by atoms with Crippen molar-refractivity contribution in [1.82, 2.24) is 9.62 Å². The van der Waals surface area contributed by atoms with Crippen LogP contribution in [0.1, 0.15) is 19.3 Å². The molecule has 0 bridgehead atoms. The second kappa shape index (κ2) is 5.02. The van der Waals surface area contributed by atoms with E-state index in [9.17, 15) is 13.2 Å². The van der Waals surface area contributed by atoms with Gasteiger partial charge in [0.1, 0.15) is 4.90 Å². The molecule has 1 amide bonds. The highest BCUT2D eigenvalue weighted by Gasteiger charge is 2.40. The quantitative estimate of drug-likeness (QED) is 0.913. The molecule has 1 unspecified atom stereocenters. The van der Waals surface area contributed by atoms with Crippen molar-refractivity contribution in [2.24, 2.45) is 0 Å². The lowest BCUT2D eigenvalue weighted by Crippen LogP contribution is -2.37. The summed E-state index contributed by atoms with van der Waals surface area (Å²) in [4.78, 5) is 13.7. The van der Waals surface area contributed by atoms with Crippen molar-refractivity contribution in [2.45, 2.75) is 36.2 Å². The fraction of sp³-hybridized carbons (Fsp3) is 0.462. The molecule has 1 saturated carbocycles. The van der Waals surface area contributed by atoms with E-state index >= 15 is 0 Å². The van der Waals surface area contributed by atoms with Gasteiger partial charge in [-0.15, -0.1) is 0 Å². The van der Waals surface area contributed by atoms with Crippen molar-refractivity contribution in [1.29, 1.82) is 0 Å². The van der Waals surface area contributed by atoms with Gasteiger partial charge in [0.15, 0.2) is 0 Å². The molecule has 1 N–H and O–H groups in total. The van der Waals surface area contributed by atoms with Crippen LogP contribution in [0.25, 0.3) is 0 Å². The summed E-state index contributed by atoms with van der Waals surface area (Å²) in [6.45, 7) is 0.452.